The van der Waals surface area contributed by atoms with Crippen molar-refractivity contribution in [3.8, 4) is 0 Å². The number of nitrogens with zero attached hydrogens (tertiary/aromatic N) is 4. The number of allylic oxidation sites excluding steroid dienone is 1. The van der Waals surface area contributed by atoms with Gasteiger partial charge in [-0.2, -0.15) is 0 Å². The Hall–Kier alpha value is -2.66. The van der Waals surface area contributed by atoms with Crippen LogP contribution in [0.3, 0.4) is 0 Å². The fraction of sp³-hybridized carbons (Fsp3) is 0.368. The molecule has 0 bridgehead atoms. The molecule has 1 aromatic carbocycles. The van der Waals surface area contributed by atoms with Crippen LogP contribution in [0, 0.1) is 0 Å². The molecule has 1 N–H and O–H groups in total. The number of benzene rings is 1. The van der Waals surface area contributed by atoms with Crippen LogP contribution in [0.1, 0.15) is 13.3 Å². The Morgan fingerprint density at radius 1 is 1.37 bits per heavy atom. The third-order valence-corrected chi connectivity index (χ3v) is 7.90. The topological polar surface area (TPSA) is 115 Å². The summed E-state index contributed by atoms with van der Waals surface area (Å²) in [7, 11) is -3.11. The van der Waals surface area contributed by atoms with Crippen LogP contribution in [-0.2, 0) is 21.2 Å². The van der Waals surface area contributed by atoms with Gasteiger partial charge in [-0.05, 0) is 25.5 Å². The predicted octanol–water partition coefficient (Wildman–Crippen LogP) is 1.02. The van der Waals surface area contributed by atoms with Gasteiger partial charge in [-0.15, -0.1) is 16.8 Å². The molecule has 1 amide bonds. The van der Waals surface area contributed by atoms with Crippen molar-refractivity contribution in [2.45, 2.75) is 30.6 Å². The van der Waals surface area contributed by atoms with Crippen LogP contribution in [0.25, 0.3) is 16.7 Å². The molecule has 2 aromatic heterocycles. The summed E-state index contributed by atoms with van der Waals surface area (Å²) in [4.78, 5) is 25.3. The molecule has 11 heteroatoms. The summed E-state index contributed by atoms with van der Waals surface area (Å²) in [6.45, 7) is 5.72. The molecule has 3 aromatic rings. The number of hydrogen-bond acceptors (Lipinski definition) is 7. The van der Waals surface area contributed by atoms with E-state index in [0.717, 1.165) is 0 Å². The van der Waals surface area contributed by atoms with Crippen LogP contribution in [0.4, 0.5) is 0 Å². The summed E-state index contributed by atoms with van der Waals surface area (Å²) in [5.41, 5.74) is -0.282. The second-order valence-corrected chi connectivity index (χ2v) is 10.7. The fourth-order valence-corrected chi connectivity index (χ4v) is 6.57. The number of amides is 1. The molecule has 1 unspecified atom stereocenters. The van der Waals surface area contributed by atoms with E-state index in [1.54, 1.807) is 35.6 Å². The van der Waals surface area contributed by atoms with Crippen LogP contribution >= 0.6 is 11.8 Å². The molecule has 0 spiro atoms. The van der Waals surface area contributed by atoms with E-state index in [1.807, 2.05) is 6.07 Å². The molecule has 1 saturated heterocycles. The highest BCUT2D eigenvalue weighted by Crippen LogP contribution is 2.24. The minimum absolute atomic E-state index is 0.0470. The molecular formula is C19H21N5O4S2. The van der Waals surface area contributed by atoms with Crippen LogP contribution in [0.15, 0.2) is 46.9 Å². The van der Waals surface area contributed by atoms with Gasteiger partial charge in [0.2, 0.25) is 11.7 Å². The van der Waals surface area contributed by atoms with Gasteiger partial charge < -0.3 is 5.32 Å². The highest BCUT2D eigenvalue weighted by Gasteiger charge is 2.39. The lowest BCUT2D eigenvalue weighted by molar-refractivity contribution is -0.120. The maximum absolute atomic E-state index is 12.8. The van der Waals surface area contributed by atoms with E-state index in [0.29, 0.717) is 28.3 Å². The van der Waals surface area contributed by atoms with Crippen molar-refractivity contribution in [3.63, 3.8) is 0 Å². The number of sulfone groups is 1. The monoisotopic (exact) mass is 447 g/mol. The first kappa shape index (κ1) is 20.6. The number of para-hydroxylation sites is 1. The molecule has 4 rings (SSSR count). The number of aromatic nitrogens is 4. The first-order valence-electron chi connectivity index (χ1n) is 9.35. The number of fused-ring (bicyclic) bond motifs is 3. The largest absolute Gasteiger partial charge is 0.349 e. The zero-order valence-electron chi connectivity index (χ0n) is 16.4. The second kappa shape index (κ2) is 7.55. The standard InChI is InChI=1S/C19H21N5O4S2/c1-3-9-23-16(26)13-6-4-5-7-14(13)24-17(23)21-22-18(24)29-11-15(25)20-19(2)8-10-30(27,28)12-19/h3-7H,1,8-12H2,2H3,(H,20,25). The summed E-state index contributed by atoms with van der Waals surface area (Å²) in [5.74, 6) is 0.169. The fourth-order valence-electron chi connectivity index (χ4n) is 3.73. The van der Waals surface area contributed by atoms with E-state index in [-0.39, 0.29) is 35.3 Å². The Kier molecular flexibility index (Phi) is 5.18. The normalized spacial score (nSPS) is 20.6. The van der Waals surface area contributed by atoms with Crippen molar-refractivity contribution in [3.05, 3.63) is 47.3 Å². The lowest BCUT2D eigenvalue weighted by Crippen LogP contribution is -2.47. The Labute approximate surface area is 177 Å². The van der Waals surface area contributed by atoms with Gasteiger partial charge in [0, 0.05) is 6.54 Å². The van der Waals surface area contributed by atoms with Crippen molar-refractivity contribution in [2.24, 2.45) is 0 Å². The van der Waals surface area contributed by atoms with Crippen LogP contribution in [0.5, 0.6) is 0 Å². The number of thioether (sulfide) groups is 1. The summed E-state index contributed by atoms with van der Waals surface area (Å²) >= 11 is 1.18. The maximum atomic E-state index is 12.8. The minimum Gasteiger partial charge on any atom is -0.349 e. The lowest BCUT2D eigenvalue weighted by Gasteiger charge is -2.23. The summed E-state index contributed by atoms with van der Waals surface area (Å²) < 4.78 is 26.7. The van der Waals surface area contributed by atoms with Crippen LogP contribution < -0.4 is 10.9 Å². The van der Waals surface area contributed by atoms with Crippen LogP contribution in [0.2, 0.25) is 0 Å². The molecule has 30 heavy (non-hydrogen) atoms. The average Bonchev–Trinajstić information content (AvgIpc) is 3.23. The van der Waals surface area contributed by atoms with Gasteiger partial charge in [0.1, 0.15) is 0 Å². The molecule has 1 atom stereocenters. The van der Waals surface area contributed by atoms with Crippen molar-refractivity contribution in [1.29, 1.82) is 0 Å². The maximum Gasteiger partial charge on any atom is 0.263 e. The highest BCUT2D eigenvalue weighted by molar-refractivity contribution is 7.99. The average molecular weight is 448 g/mol. The van der Waals surface area contributed by atoms with Gasteiger partial charge in [-0.3, -0.25) is 18.6 Å². The first-order valence-corrected chi connectivity index (χ1v) is 12.2. The van der Waals surface area contributed by atoms with Gasteiger partial charge in [0.05, 0.1) is 33.7 Å². The Balaban J connectivity index is 1.63. The molecule has 0 aliphatic carbocycles. The van der Waals surface area contributed by atoms with Crippen molar-refractivity contribution in [1.82, 2.24) is 24.5 Å². The molecule has 0 radical (unpaired) electrons. The van der Waals surface area contributed by atoms with E-state index in [2.05, 4.69) is 22.1 Å². The van der Waals surface area contributed by atoms with Gasteiger partial charge in [0.25, 0.3) is 5.56 Å². The number of rotatable bonds is 6. The molecule has 158 valence electrons. The zero-order chi connectivity index (χ0) is 21.5. The lowest BCUT2D eigenvalue weighted by atomic mass is 10.0. The van der Waals surface area contributed by atoms with E-state index in [4.69, 9.17) is 0 Å². The quantitative estimate of drug-likeness (QED) is 0.443. The van der Waals surface area contributed by atoms with E-state index in [1.165, 1.54) is 16.3 Å². The summed E-state index contributed by atoms with van der Waals surface area (Å²) in [6.07, 6.45) is 2.01. The number of carbonyl (C=O) groups is 1. The summed E-state index contributed by atoms with van der Waals surface area (Å²) in [5, 5.41) is 12.2. The van der Waals surface area contributed by atoms with E-state index < -0.39 is 15.4 Å². The van der Waals surface area contributed by atoms with Gasteiger partial charge in [0.15, 0.2) is 15.0 Å². The third kappa shape index (κ3) is 3.74. The molecule has 3 heterocycles. The summed E-state index contributed by atoms with van der Waals surface area (Å²) in [6, 6.07) is 7.15. The van der Waals surface area contributed by atoms with Crippen molar-refractivity contribution < 1.29 is 13.2 Å². The van der Waals surface area contributed by atoms with Crippen LogP contribution in [-0.4, -0.2) is 56.3 Å². The molecule has 1 aliphatic heterocycles. The number of nitrogens with one attached hydrogen (secondary N) is 1. The molecule has 1 aliphatic rings. The van der Waals surface area contributed by atoms with Gasteiger partial charge in [-0.25, -0.2) is 8.42 Å². The highest BCUT2D eigenvalue weighted by atomic mass is 32.2. The van der Waals surface area contributed by atoms with Gasteiger partial charge >= 0.3 is 0 Å². The van der Waals surface area contributed by atoms with Crippen molar-refractivity contribution >= 4 is 44.2 Å². The molecular weight excluding hydrogens is 426 g/mol. The predicted molar refractivity (Wildman–Crippen MR) is 115 cm³/mol. The van der Waals surface area contributed by atoms with Crippen molar-refractivity contribution in [2.75, 3.05) is 17.3 Å². The first-order chi connectivity index (χ1) is 14.2. The molecule has 9 nitrogen and oxygen atoms in total. The molecule has 1 fully saturated rings. The Morgan fingerprint density at radius 3 is 2.83 bits per heavy atom. The molecule has 0 saturated carbocycles. The Morgan fingerprint density at radius 2 is 2.13 bits per heavy atom. The third-order valence-electron chi connectivity index (χ3n) is 5.07. The smallest absolute Gasteiger partial charge is 0.263 e. The minimum atomic E-state index is -3.11. The number of hydrogen-bond donors (Lipinski definition) is 1. The second-order valence-electron chi connectivity index (χ2n) is 7.58. The Bertz CT molecular complexity index is 1330. The van der Waals surface area contributed by atoms with E-state index >= 15 is 0 Å². The van der Waals surface area contributed by atoms with Gasteiger partial charge in [-0.1, -0.05) is 30.0 Å². The van der Waals surface area contributed by atoms with E-state index in [9.17, 15) is 18.0 Å². The zero-order valence-corrected chi connectivity index (χ0v) is 18.0. The number of carbonyl (C=O) groups excluding carboxylic acids is 1. The SMILES string of the molecule is C=CCn1c(=O)c2ccccc2n2c(SCC(=O)NC3(C)CCS(=O)(=O)C3)nnc12.